The minimum atomic E-state index is -0.371. The van der Waals surface area contributed by atoms with E-state index < -0.39 is 0 Å². The van der Waals surface area contributed by atoms with Crippen molar-refractivity contribution in [3.8, 4) is 0 Å². The Labute approximate surface area is 115 Å². The van der Waals surface area contributed by atoms with E-state index in [9.17, 15) is 4.79 Å². The first-order valence-electron chi connectivity index (χ1n) is 5.97. The Morgan fingerprint density at radius 2 is 2.37 bits per heavy atom. The van der Waals surface area contributed by atoms with Crippen LogP contribution in [0.3, 0.4) is 0 Å². The molecule has 0 atom stereocenters. The van der Waals surface area contributed by atoms with Gasteiger partial charge in [-0.3, -0.25) is 4.68 Å². The SMILES string of the molecule is CCOC(=O)c1nc(NCc2ccnn2C)sc1C. The molecule has 0 saturated carbocycles. The van der Waals surface area contributed by atoms with Crippen LogP contribution in [-0.2, 0) is 18.3 Å². The van der Waals surface area contributed by atoms with Crippen LogP contribution in [0.1, 0.15) is 28.0 Å². The van der Waals surface area contributed by atoms with Crippen molar-refractivity contribution >= 4 is 22.4 Å². The smallest absolute Gasteiger partial charge is 0.358 e. The van der Waals surface area contributed by atoms with Gasteiger partial charge in [-0.1, -0.05) is 0 Å². The summed E-state index contributed by atoms with van der Waals surface area (Å²) in [6, 6.07) is 1.93. The fourth-order valence-corrected chi connectivity index (χ4v) is 2.40. The molecule has 19 heavy (non-hydrogen) atoms. The lowest BCUT2D eigenvalue weighted by Gasteiger charge is -2.02. The van der Waals surface area contributed by atoms with Crippen molar-refractivity contribution in [3.63, 3.8) is 0 Å². The maximum Gasteiger partial charge on any atom is 0.358 e. The highest BCUT2D eigenvalue weighted by Gasteiger charge is 2.16. The Morgan fingerprint density at radius 1 is 1.58 bits per heavy atom. The summed E-state index contributed by atoms with van der Waals surface area (Å²) >= 11 is 1.44. The number of thiazole rings is 1. The first kappa shape index (κ1) is 13.5. The topological polar surface area (TPSA) is 69.0 Å². The molecule has 1 N–H and O–H groups in total. The zero-order valence-electron chi connectivity index (χ0n) is 11.1. The normalized spacial score (nSPS) is 10.5. The number of hydrogen-bond donors (Lipinski definition) is 1. The molecule has 0 aromatic carbocycles. The fraction of sp³-hybridized carbons (Fsp3) is 0.417. The van der Waals surface area contributed by atoms with Crippen LogP contribution < -0.4 is 5.32 Å². The van der Waals surface area contributed by atoms with Crippen LogP contribution in [0.2, 0.25) is 0 Å². The van der Waals surface area contributed by atoms with E-state index in [-0.39, 0.29) is 5.97 Å². The van der Waals surface area contributed by atoms with Crippen molar-refractivity contribution in [1.29, 1.82) is 0 Å². The highest BCUT2D eigenvalue weighted by Crippen LogP contribution is 2.23. The lowest BCUT2D eigenvalue weighted by Crippen LogP contribution is -2.08. The van der Waals surface area contributed by atoms with Crippen LogP contribution >= 0.6 is 11.3 Å². The molecule has 0 fully saturated rings. The number of nitrogens with one attached hydrogen (secondary N) is 1. The van der Waals surface area contributed by atoms with E-state index in [1.807, 2.05) is 20.0 Å². The lowest BCUT2D eigenvalue weighted by atomic mass is 10.4. The van der Waals surface area contributed by atoms with Gasteiger partial charge in [0.2, 0.25) is 0 Å². The number of rotatable bonds is 5. The quantitative estimate of drug-likeness (QED) is 0.848. The zero-order chi connectivity index (χ0) is 13.8. The van der Waals surface area contributed by atoms with Gasteiger partial charge in [0.05, 0.1) is 18.8 Å². The van der Waals surface area contributed by atoms with Gasteiger partial charge in [-0.2, -0.15) is 5.10 Å². The van der Waals surface area contributed by atoms with Gasteiger partial charge in [0.1, 0.15) is 0 Å². The summed E-state index contributed by atoms with van der Waals surface area (Å²) < 4.78 is 6.75. The molecule has 2 rings (SSSR count). The molecule has 0 spiro atoms. The number of ether oxygens (including phenoxy) is 1. The predicted molar refractivity (Wildman–Crippen MR) is 73.3 cm³/mol. The van der Waals surface area contributed by atoms with Crippen molar-refractivity contribution in [2.45, 2.75) is 20.4 Å². The van der Waals surface area contributed by atoms with Crippen molar-refractivity contribution < 1.29 is 9.53 Å². The first-order chi connectivity index (χ1) is 9.11. The second-order valence-electron chi connectivity index (χ2n) is 3.94. The third-order valence-electron chi connectivity index (χ3n) is 2.61. The molecule has 102 valence electrons. The van der Waals surface area contributed by atoms with Crippen LogP contribution in [0.4, 0.5) is 5.13 Å². The lowest BCUT2D eigenvalue weighted by molar-refractivity contribution is 0.0519. The second kappa shape index (κ2) is 5.83. The van der Waals surface area contributed by atoms with E-state index in [1.54, 1.807) is 17.8 Å². The third-order valence-corrected chi connectivity index (χ3v) is 3.54. The molecular formula is C12H16N4O2S. The minimum Gasteiger partial charge on any atom is -0.461 e. The standard InChI is InChI=1S/C12H16N4O2S/c1-4-18-11(17)10-8(2)19-12(15-10)13-7-9-5-6-14-16(9)3/h5-6H,4,7H2,1-3H3,(H,13,15). The maximum absolute atomic E-state index is 11.6. The molecule has 0 aliphatic heterocycles. The molecule has 0 saturated heterocycles. The molecule has 0 amide bonds. The number of hydrogen-bond acceptors (Lipinski definition) is 6. The molecule has 0 bridgehead atoms. The molecular weight excluding hydrogens is 264 g/mol. The molecule has 2 heterocycles. The maximum atomic E-state index is 11.6. The van der Waals surface area contributed by atoms with Crippen molar-refractivity contribution in [2.24, 2.45) is 7.05 Å². The van der Waals surface area contributed by atoms with Crippen LogP contribution in [-0.4, -0.2) is 27.3 Å². The molecule has 7 heteroatoms. The van der Waals surface area contributed by atoms with Gasteiger partial charge in [-0.05, 0) is 19.9 Å². The monoisotopic (exact) mass is 280 g/mol. The van der Waals surface area contributed by atoms with Crippen LogP contribution in [0.5, 0.6) is 0 Å². The number of aromatic nitrogens is 3. The van der Waals surface area contributed by atoms with Gasteiger partial charge in [0, 0.05) is 18.1 Å². The number of carbonyl (C=O) groups excluding carboxylic acids is 1. The summed E-state index contributed by atoms with van der Waals surface area (Å²) in [6.07, 6.45) is 1.74. The summed E-state index contributed by atoms with van der Waals surface area (Å²) in [5.74, 6) is -0.371. The minimum absolute atomic E-state index is 0.355. The molecule has 0 unspecified atom stereocenters. The van der Waals surface area contributed by atoms with Gasteiger partial charge in [-0.25, -0.2) is 9.78 Å². The van der Waals surface area contributed by atoms with Crippen LogP contribution in [0.15, 0.2) is 12.3 Å². The summed E-state index contributed by atoms with van der Waals surface area (Å²) in [4.78, 5) is 16.8. The van der Waals surface area contributed by atoms with E-state index in [2.05, 4.69) is 15.4 Å². The Balaban J connectivity index is 2.04. The van der Waals surface area contributed by atoms with E-state index >= 15 is 0 Å². The van der Waals surface area contributed by atoms with E-state index in [0.717, 1.165) is 10.6 Å². The average Bonchev–Trinajstić information content (AvgIpc) is 2.93. The van der Waals surface area contributed by atoms with Crippen LogP contribution in [0.25, 0.3) is 0 Å². The summed E-state index contributed by atoms with van der Waals surface area (Å²) in [5.41, 5.74) is 1.44. The highest BCUT2D eigenvalue weighted by molar-refractivity contribution is 7.15. The molecule has 2 aromatic rings. The van der Waals surface area contributed by atoms with Gasteiger partial charge in [0.25, 0.3) is 0 Å². The Hall–Kier alpha value is -1.89. The number of esters is 1. The highest BCUT2D eigenvalue weighted by atomic mass is 32.1. The first-order valence-corrected chi connectivity index (χ1v) is 6.78. The molecule has 0 aliphatic carbocycles. The van der Waals surface area contributed by atoms with Crippen molar-refractivity contribution in [3.05, 3.63) is 28.5 Å². The Morgan fingerprint density at radius 3 is 3.00 bits per heavy atom. The van der Waals surface area contributed by atoms with Gasteiger partial charge in [0.15, 0.2) is 10.8 Å². The van der Waals surface area contributed by atoms with Crippen LogP contribution in [0, 0.1) is 6.92 Å². The Kier molecular flexibility index (Phi) is 4.16. The predicted octanol–water partition coefficient (Wildman–Crippen LogP) is 1.97. The molecule has 0 aliphatic rings. The summed E-state index contributed by atoms with van der Waals surface area (Å²) in [5, 5.41) is 7.98. The van der Waals surface area contributed by atoms with Gasteiger partial charge >= 0.3 is 5.97 Å². The number of aryl methyl sites for hydroxylation is 2. The summed E-state index contributed by atoms with van der Waals surface area (Å²) in [7, 11) is 1.88. The number of carbonyl (C=O) groups is 1. The number of anilines is 1. The average molecular weight is 280 g/mol. The van der Waals surface area contributed by atoms with E-state index in [4.69, 9.17) is 4.74 Å². The van der Waals surface area contributed by atoms with E-state index in [1.165, 1.54) is 11.3 Å². The van der Waals surface area contributed by atoms with E-state index in [0.29, 0.717) is 24.0 Å². The molecule has 2 aromatic heterocycles. The van der Waals surface area contributed by atoms with Gasteiger partial charge < -0.3 is 10.1 Å². The molecule has 6 nitrogen and oxygen atoms in total. The fourth-order valence-electron chi connectivity index (χ4n) is 1.60. The van der Waals surface area contributed by atoms with Crippen molar-refractivity contribution in [1.82, 2.24) is 14.8 Å². The largest absolute Gasteiger partial charge is 0.461 e. The molecule has 0 radical (unpaired) electrons. The van der Waals surface area contributed by atoms with Gasteiger partial charge in [-0.15, -0.1) is 11.3 Å². The number of nitrogens with zero attached hydrogens (tertiary/aromatic N) is 3. The summed E-state index contributed by atoms with van der Waals surface area (Å²) in [6.45, 7) is 4.61. The third kappa shape index (κ3) is 3.11. The second-order valence-corrected chi connectivity index (χ2v) is 5.15. The van der Waals surface area contributed by atoms with Crippen molar-refractivity contribution in [2.75, 3.05) is 11.9 Å². The Bertz CT molecular complexity index is 576. The zero-order valence-corrected chi connectivity index (χ0v) is 12.0.